The maximum absolute atomic E-state index is 13.4. The summed E-state index contributed by atoms with van der Waals surface area (Å²) >= 11 is 0. The Morgan fingerprint density at radius 2 is 1.91 bits per heavy atom. The Hall–Kier alpha value is -3.10. The van der Waals surface area contributed by atoms with E-state index in [2.05, 4.69) is 5.32 Å². The van der Waals surface area contributed by atoms with Gasteiger partial charge in [0.1, 0.15) is 0 Å². The number of carbonyl (C=O) groups is 2. The lowest BCUT2D eigenvalue weighted by molar-refractivity contribution is -0.117. The van der Waals surface area contributed by atoms with E-state index in [1.165, 1.54) is 12.8 Å². The van der Waals surface area contributed by atoms with Crippen LogP contribution in [0.4, 0.5) is 16.2 Å². The molecule has 4 rings (SSSR count). The lowest BCUT2D eigenvalue weighted by Gasteiger charge is -2.40. The molecule has 1 aliphatic heterocycles. The van der Waals surface area contributed by atoms with Crippen molar-refractivity contribution in [1.29, 1.82) is 0 Å². The third-order valence-corrected chi connectivity index (χ3v) is 6.50. The van der Waals surface area contributed by atoms with Crippen LogP contribution < -0.4 is 30.3 Å². The quantitative estimate of drug-likeness (QED) is 0.648. The van der Waals surface area contributed by atoms with Crippen molar-refractivity contribution < 1.29 is 19.1 Å². The number of nitrogens with two attached hydrogens (primary N) is 1. The molecule has 2 aromatic carbocycles. The number of ether oxygens (including phenoxy) is 2. The van der Waals surface area contributed by atoms with Crippen LogP contribution in [-0.2, 0) is 4.79 Å². The third-order valence-electron chi connectivity index (χ3n) is 6.50. The number of hydrogen-bond acceptors (Lipinski definition) is 6. The lowest BCUT2D eigenvalue weighted by atomic mass is 9.96. The molecule has 0 spiro atoms. The number of anilines is 2. The molecule has 3 N–H and O–H groups in total. The van der Waals surface area contributed by atoms with E-state index < -0.39 is 6.09 Å². The van der Waals surface area contributed by atoms with Gasteiger partial charge in [0.15, 0.2) is 11.5 Å². The number of methoxy groups -OCH3 is 1. The van der Waals surface area contributed by atoms with E-state index in [-0.39, 0.29) is 17.9 Å². The number of nitrogens with zero attached hydrogens (tertiary/aromatic N) is 2. The Kier molecular flexibility index (Phi) is 7.09. The van der Waals surface area contributed by atoms with E-state index in [9.17, 15) is 9.59 Å². The number of aryl methyl sites for hydroxylation is 1. The van der Waals surface area contributed by atoms with Gasteiger partial charge in [-0.05, 0) is 62.1 Å². The highest BCUT2D eigenvalue weighted by Gasteiger charge is 2.35. The van der Waals surface area contributed by atoms with Gasteiger partial charge >= 0.3 is 6.09 Å². The van der Waals surface area contributed by atoms with Gasteiger partial charge in [0.2, 0.25) is 5.91 Å². The summed E-state index contributed by atoms with van der Waals surface area (Å²) in [5, 5.41) is 3.54. The van der Waals surface area contributed by atoms with Gasteiger partial charge in [-0.15, -0.1) is 0 Å². The molecule has 8 heteroatoms. The normalized spacial score (nSPS) is 18.3. The number of benzene rings is 2. The van der Waals surface area contributed by atoms with Crippen LogP contribution in [0.3, 0.4) is 0 Å². The van der Waals surface area contributed by atoms with Crippen LogP contribution >= 0.6 is 0 Å². The Morgan fingerprint density at radius 1 is 1.15 bits per heavy atom. The number of hydrogen-bond donors (Lipinski definition) is 2. The highest BCUT2D eigenvalue weighted by Crippen LogP contribution is 2.39. The molecule has 2 aliphatic rings. The van der Waals surface area contributed by atoms with Gasteiger partial charge in [0.25, 0.3) is 0 Å². The maximum Gasteiger partial charge on any atom is 0.420 e. The largest absolute Gasteiger partial charge is 0.493 e. The molecule has 2 atom stereocenters. The van der Waals surface area contributed by atoms with Gasteiger partial charge in [0.05, 0.1) is 24.5 Å². The molecule has 0 saturated heterocycles. The first-order valence-corrected chi connectivity index (χ1v) is 11.8. The number of nitrogens with one attached hydrogen (secondary N) is 1. The molecule has 182 valence electrons. The van der Waals surface area contributed by atoms with Crippen molar-refractivity contribution in [2.45, 2.75) is 51.6 Å². The zero-order chi connectivity index (χ0) is 24.4. The Bertz CT molecular complexity index is 1070. The van der Waals surface area contributed by atoms with Crippen molar-refractivity contribution in [2.24, 2.45) is 5.73 Å². The molecule has 1 unspecified atom stereocenters. The van der Waals surface area contributed by atoms with Crippen molar-refractivity contribution >= 4 is 23.4 Å². The van der Waals surface area contributed by atoms with Gasteiger partial charge in [0, 0.05) is 38.5 Å². The minimum Gasteiger partial charge on any atom is -0.493 e. The first kappa shape index (κ1) is 24.0. The van der Waals surface area contributed by atoms with Crippen molar-refractivity contribution in [2.75, 3.05) is 36.5 Å². The van der Waals surface area contributed by atoms with Crippen LogP contribution in [0.15, 0.2) is 36.4 Å². The summed E-state index contributed by atoms with van der Waals surface area (Å²) in [6, 6.07) is 11.7. The molecule has 0 aromatic heterocycles. The summed E-state index contributed by atoms with van der Waals surface area (Å²) in [6.45, 7) is 6.97. The van der Waals surface area contributed by atoms with Crippen molar-refractivity contribution in [3.8, 4) is 11.5 Å². The van der Waals surface area contributed by atoms with E-state index in [4.69, 9.17) is 15.2 Å². The topological polar surface area (TPSA) is 97.1 Å². The smallest absolute Gasteiger partial charge is 0.420 e. The van der Waals surface area contributed by atoms with Crippen LogP contribution in [0.2, 0.25) is 0 Å². The molecule has 34 heavy (non-hydrogen) atoms. The van der Waals surface area contributed by atoms with Crippen LogP contribution in [0.1, 0.15) is 43.7 Å². The maximum atomic E-state index is 13.4. The molecule has 0 bridgehead atoms. The molecule has 1 aliphatic carbocycles. The van der Waals surface area contributed by atoms with Gasteiger partial charge in [-0.1, -0.05) is 12.1 Å². The van der Waals surface area contributed by atoms with Crippen molar-refractivity contribution in [1.82, 2.24) is 5.32 Å². The van der Waals surface area contributed by atoms with Gasteiger partial charge in [-0.3, -0.25) is 9.69 Å². The zero-order valence-corrected chi connectivity index (χ0v) is 20.3. The molecule has 0 radical (unpaired) electrons. The predicted molar refractivity (Wildman–Crippen MR) is 133 cm³/mol. The molecule has 1 fully saturated rings. The SMILES string of the molecule is COc1ccc(C)cc1OC(=O)N1C[C@H](C)N(C(C)=O)c2ccc(C(CN)CNC3CC3)cc21. The van der Waals surface area contributed by atoms with E-state index in [1.54, 1.807) is 36.0 Å². The molecular weight excluding hydrogens is 432 g/mol. The second kappa shape index (κ2) is 10.0. The summed E-state index contributed by atoms with van der Waals surface area (Å²) < 4.78 is 11.2. The van der Waals surface area contributed by atoms with E-state index in [1.807, 2.05) is 38.1 Å². The van der Waals surface area contributed by atoms with Crippen molar-refractivity contribution in [3.05, 3.63) is 47.5 Å². The standard InChI is InChI=1S/C26H34N4O4/c1-16-5-10-24(33-4)25(11-16)34-26(32)29-15-17(2)30(18(3)31)22-9-6-19(12-23(22)29)20(13-27)14-28-21-7-8-21/h5-6,9-12,17,20-21,28H,7-8,13-15,27H2,1-4H3/t17-,20?/m0/s1. The van der Waals surface area contributed by atoms with E-state index >= 15 is 0 Å². The van der Waals surface area contributed by atoms with E-state index in [0.29, 0.717) is 42.0 Å². The van der Waals surface area contributed by atoms with E-state index in [0.717, 1.165) is 17.7 Å². The fourth-order valence-corrected chi connectivity index (χ4v) is 4.50. The minimum atomic E-state index is -0.516. The van der Waals surface area contributed by atoms with Crippen LogP contribution in [0, 0.1) is 6.92 Å². The van der Waals surface area contributed by atoms with Crippen molar-refractivity contribution in [3.63, 3.8) is 0 Å². The first-order valence-electron chi connectivity index (χ1n) is 11.8. The average molecular weight is 467 g/mol. The highest BCUT2D eigenvalue weighted by atomic mass is 16.6. The lowest BCUT2D eigenvalue weighted by Crippen LogP contribution is -2.52. The molecular formula is C26H34N4O4. The Labute approximate surface area is 201 Å². The molecule has 1 heterocycles. The number of amides is 2. The fourth-order valence-electron chi connectivity index (χ4n) is 4.50. The first-order chi connectivity index (χ1) is 16.3. The number of carbonyl (C=O) groups excluding carboxylic acids is 2. The summed E-state index contributed by atoms with van der Waals surface area (Å²) in [5.41, 5.74) is 9.42. The molecule has 1 saturated carbocycles. The monoisotopic (exact) mass is 466 g/mol. The summed E-state index contributed by atoms with van der Waals surface area (Å²) in [5.74, 6) is 0.879. The van der Waals surface area contributed by atoms with Gasteiger partial charge in [-0.2, -0.15) is 0 Å². The number of fused-ring (bicyclic) bond motifs is 1. The Balaban J connectivity index is 1.68. The molecule has 8 nitrogen and oxygen atoms in total. The second-order valence-corrected chi connectivity index (χ2v) is 9.23. The molecule has 2 aromatic rings. The Morgan fingerprint density at radius 3 is 2.56 bits per heavy atom. The highest BCUT2D eigenvalue weighted by molar-refractivity contribution is 6.02. The minimum absolute atomic E-state index is 0.0688. The fraction of sp³-hybridized carbons (Fsp3) is 0.462. The summed E-state index contributed by atoms with van der Waals surface area (Å²) in [4.78, 5) is 29.2. The summed E-state index contributed by atoms with van der Waals surface area (Å²) in [7, 11) is 1.54. The zero-order valence-electron chi connectivity index (χ0n) is 20.3. The summed E-state index contributed by atoms with van der Waals surface area (Å²) in [6.07, 6.45) is 1.89. The number of rotatable bonds is 7. The molecule has 2 amide bonds. The van der Waals surface area contributed by atoms with Crippen LogP contribution in [0.25, 0.3) is 0 Å². The van der Waals surface area contributed by atoms with Crippen LogP contribution in [0.5, 0.6) is 11.5 Å². The third kappa shape index (κ3) is 5.03. The van der Waals surface area contributed by atoms with Gasteiger partial charge < -0.3 is 25.4 Å². The van der Waals surface area contributed by atoms with Crippen LogP contribution in [-0.4, -0.2) is 50.8 Å². The van der Waals surface area contributed by atoms with Gasteiger partial charge in [-0.25, -0.2) is 4.79 Å². The average Bonchev–Trinajstić information content (AvgIpc) is 3.63. The second-order valence-electron chi connectivity index (χ2n) is 9.23. The predicted octanol–water partition coefficient (Wildman–Crippen LogP) is 3.56.